The van der Waals surface area contributed by atoms with Crippen molar-refractivity contribution in [3.8, 4) is 0 Å². The Bertz CT molecular complexity index is 299. The molecule has 0 amide bonds. The summed E-state index contributed by atoms with van der Waals surface area (Å²) in [6.07, 6.45) is 1.59. The van der Waals surface area contributed by atoms with Crippen molar-refractivity contribution in [2.75, 3.05) is 13.7 Å². The molecule has 1 rings (SSSR count). The van der Waals surface area contributed by atoms with E-state index in [1.807, 2.05) is 22.6 Å². The molecule has 0 saturated heterocycles. The zero-order chi connectivity index (χ0) is 10.6. The van der Waals surface area contributed by atoms with Crippen molar-refractivity contribution < 1.29 is 4.74 Å². The van der Waals surface area contributed by atoms with Gasteiger partial charge in [0.05, 0.1) is 3.57 Å². The first-order chi connectivity index (χ1) is 6.65. The summed E-state index contributed by atoms with van der Waals surface area (Å²) in [5.41, 5.74) is 0. The molecule has 78 valence electrons. The minimum atomic E-state index is 0.415. The Morgan fingerprint density at radius 1 is 1.29 bits per heavy atom. The number of methoxy groups -OCH3 is 1. The number of hydrogen-bond donors (Lipinski definition) is 0. The van der Waals surface area contributed by atoms with Crippen LogP contribution in [0.1, 0.15) is 12.2 Å². The average Bonchev–Trinajstić information content (AvgIpc) is 2.14. The van der Waals surface area contributed by atoms with Crippen molar-refractivity contribution in [1.82, 2.24) is 9.97 Å². The van der Waals surface area contributed by atoms with E-state index in [9.17, 15) is 0 Å². The van der Waals surface area contributed by atoms with Crippen LogP contribution in [0.5, 0.6) is 0 Å². The second-order valence-electron chi connectivity index (χ2n) is 2.63. The van der Waals surface area contributed by atoms with Gasteiger partial charge in [-0.1, -0.05) is 23.2 Å². The van der Waals surface area contributed by atoms with Crippen molar-refractivity contribution in [2.45, 2.75) is 12.8 Å². The second-order valence-corrected chi connectivity index (χ2v) is 4.43. The number of nitrogens with zero attached hydrogens (tertiary/aromatic N) is 2. The Balaban J connectivity index is 2.69. The standard InChI is InChI=1S/C8H9Cl2IN2O/c1-14-4-2-3-5-12-7(9)6(11)8(10)13-5/h2-4H2,1H3. The van der Waals surface area contributed by atoms with E-state index in [1.54, 1.807) is 7.11 Å². The largest absolute Gasteiger partial charge is 0.385 e. The minimum Gasteiger partial charge on any atom is -0.385 e. The third kappa shape index (κ3) is 3.49. The number of hydrogen-bond acceptors (Lipinski definition) is 3. The van der Waals surface area contributed by atoms with Gasteiger partial charge in [-0.2, -0.15) is 0 Å². The Morgan fingerprint density at radius 2 is 1.86 bits per heavy atom. The Kier molecular flexibility index (Phi) is 5.36. The van der Waals surface area contributed by atoms with Gasteiger partial charge >= 0.3 is 0 Å². The lowest BCUT2D eigenvalue weighted by atomic mass is 10.3. The van der Waals surface area contributed by atoms with Crippen molar-refractivity contribution in [2.24, 2.45) is 0 Å². The molecule has 0 N–H and O–H groups in total. The SMILES string of the molecule is COCCCc1nc(Cl)c(I)c(Cl)n1. The lowest BCUT2D eigenvalue weighted by Gasteiger charge is -2.03. The number of halogens is 3. The lowest BCUT2D eigenvalue weighted by Crippen LogP contribution is -2.00. The molecule has 0 atom stereocenters. The van der Waals surface area contributed by atoms with Crippen molar-refractivity contribution in [1.29, 1.82) is 0 Å². The van der Waals surface area contributed by atoms with Crippen LogP contribution in [0.25, 0.3) is 0 Å². The fourth-order valence-electron chi connectivity index (χ4n) is 0.921. The monoisotopic (exact) mass is 346 g/mol. The minimum absolute atomic E-state index is 0.415. The molecule has 0 fully saturated rings. The normalized spacial score (nSPS) is 10.6. The quantitative estimate of drug-likeness (QED) is 0.477. The Labute approximate surface area is 106 Å². The second kappa shape index (κ2) is 6.05. The molecule has 0 saturated carbocycles. The first-order valence-electron chi connectivity index (χ1n) is 4.01. The van der Waals surface area contributed by atoms with Gasteiger partial charge in [-0.05, 0) is 29.0 Å². The summed E-state index contributed by atoms with van der Waals surface area (Å²) in [5, 5.41) is 0.830. The molecular weight excluding hydrogens is 338 g/mol. The van der Waals surface area contributed by atoms with Gasteiger partial charge in [-0.3, -0.25) is 0 Å². The fourth-order valence-corrected chi connectivity index (χ4v) is 1.59. The van der Waals surface area contributed by atoms with Crippen LogP contribution in [0, 0.1) is 3.57 Å². The molecule has 0 radical (unpaired) electrons. The third-order valence-corrected chi connectivity index (χ3v) is 3.77. The molecule has 0 bridgehead atoms. The molecule has 0 aliphatic heterocycles. The van der Waals surface area contributed by atoms with Gasteiger partial charge in [-0.15, -0.1) is 0 Å². The van der Waals surface area contributed by atoms with Crippen LogP contribution < -0.4 is 0 Å². The molecule has 0 aromatic carbocycles. The van der Waals surface area contributed by atoms with Gasteiger partial charge in [0, 0.05) is 20.1 Å². The van der Waals surface area contributed by atoms with Gasteiger partial charge in [0.15, 0.2) is 0 Å². The van der Waals surface area contributed by atoms with Crippen LogP contribution >= 0.6 is 45.8 Å². The maximum absolute atomic E-state index is 5.86. The van der Waals surface area contributed by atoms with Gasteiger partial charge < -0.3 is 4.74 Å². The van der Waals surface area contributed by atoms with Gasteiger partial charge in [-0.25, -0.2) is 9.97 Å². The van der Waals surface area contributed by atoms with E-state index in [0.29, 0.717) is 26.3 Å². The summed E-state index contributed by atoms with van der Waals surface area (Å²) >= 11 is 13.7. The molecule has 0 aliphatic carbocycles. The summed E-state index contributed by atoms with van der Waals surface area (Å²) in [6, 6.07) is 0. The molecule has 6 heteroatoms. The molecule has 0 aliphatic rings. The number of aryl methyl sites for hydroxylation is 1. The van der Waals surface area contributed by atoms with Crippen LogP contribution in [0.4, 0.5) is 0 Å². The van der Waals surface area contributed by atoms with E-state index in [4.69, 9.17) is 27.9 Å². The van der Waals surface area contributed by atoms with E-state index in [0.717, 1.165) is 12.8 Å². The van der Waals surface area contributed by atoms with Crippen molar-refractivity contribution in [3.63, 3.8) is 0 Å². The highest BCUT2D eigenvalue weighted by Gasteiger charge is 2.08. The van der Waals surface area contributed by atoms with E-state index in [2.05, 4.69) is 9.97 Å². The van der Waals surface area contributed by atoms with E-state index in [1.165, 1.54) is 0 Å². The summed E-state index contributed by atoms with van der Waals surface area (Å²) in [6.45, 7) is 0.685. The zero-order valence-corrected chi connectivity index (χ0v) is 11.2. The Hall–Kier alpha value is 0.350. The summed E-state index contributed by atoms with van der Waals surface area (Å²) in [4.78, 5) is 8.22. The third-order valence-electron chi connectivity index (χ3n) is 1.57. The summed E-state index contributed by atoms with van der Waals surface area (Å²) < 4.78 is 5.62. The predicted molar refractivity (Wildman–Crippen MR) is 65.0 cm³/mol. The van der Waals surface area contributed by atoms with Crippen LogP contribution in [-0.4, -0.2) is 23.7 Å². The maximum atomic E-state index is 5.86. The Morgan fingerprint density at radius 3 is 2.36 bits per heavy atom. The topological polar surface area (TPSA) is 35.0 Å². The van der Waals surface area contributed by atoms with Gasteiger partial charge in [0.25, 0.3) is 0 Å². The zero-order valence-electron chi connectivity index (χ0n) is 7.56. The van der Waals surface area contributed by atoms with Crippen molar-refractivity contribution >= 4 is 45.8 Å². The van der Waals surface area contributed by atoms with Crippen LogP contribution in [0.3, 0.4) is 0 Å². The van der Waals surface area contributed by atoms with Crippen LogP contribution in [0.2, 0.25) is 10.3 Å². The number of rotatable bonds is 4. The smallest absolute Gasteiger partial charge is 0.147 e. The van der Waals surface area contributed by atoms with Gasteiger partial charge in [0.1, 0.15) is 16.1 Å². The predicted octanol–water partition coefficient (Wildman–Crippen LogP) is 2.97. The highest BCUT2D eigenvalue weighted by atomic mass is 127. The van der Waals surface area contributed by atoms with E-state index in [-0.39, 0.29) is 0 Å². The van der Waals surface area contributed by atoms with Crippen molar-refractivity contribution in [3.05, 3.63) is 19.7 Å². The first kappa shape index (κ1) is 12.4. The molecule has 1 heterocycles. The highest BCUT2D eigenvalue weighted by molar-refractivity contribution is 14.1. The number of ether oxygens (including phenoxy) is 1. The molecule has 0 spiro atoms. The maximum Gasteiger partial charge on any atom is 0.147 e. The van der Waals surface area contributed by atoms with E-state index < -0.39 is 0 Å². The average molecular weight is 347 g/mol. The highest BCUT2D eigenvalue weighted by Crippen LogP contribution is 2.22. The van der Waals surface area contributed by atoms with Gasteiger partial charge in [0.2, 0.25) is 0 Å². The first-order valence-corrected chi connectivity index (χ1v) is 5.85. The molecule has 1 aromatic heterocycles. The van der Waals surface area contributed by atoms with Crippen LogP contribution in [0.15, 0.2) is 0 Å². The molecule has 0 unspecified atom stereocenters. The fraction of sp³-hybridized carbons (Fsp3) is 0.500. The lowest BCUT2D eigenvalue weighted by molar-refractivity contribution is 0.194. The summed E-state index contributed by atoms with van der Waals surface area (Å²) in [7, 11) is 1.66. The molecule has 3 nitrogen and oxygen atoms in total. The molecule has 1 aromatic rings. The number of aromatic nitrogens is 2. The molecular formula is C8H9Cl2IN2O. The summed E-state index contributed by atoms with van der Waals surface area (Å²) in [5.74, 6) is 0.664. The van der Waals surface area contributed by atoms with Crippen LogP contribution in [-0.2, 0) is 11.2 Å². The molecule has 14 heavy (non-hydrogen) atoms. The van der Waals surface area contributed by atoms with E-state index >= 15 is 0 Å².